The Balaban J connectivity index is 1.90. The predicted octanol–water partition coefficient (Wildman–Crippen LogP) is 3.66. The summed E-state index contributed by atoms with van der Waals surface area (Å²) in [5.41, 5.74) is 2.10. The third-order valence-corrected chi connectivity index (χ3v) is 3.85. The van der Waals surface area contributed by atoms with Crippen molar-refractivity contribution in [2.24, 2.45) is 5.16 Å². The van der Waals surface area contributed by atoms with Crippen LogP contribution in [0.2, 0.25) is 5.02 Å². The number of halogens is 1. The molecule has 2 rings (SSSR count). The molecule has 25 heavy (non-hydrogen) atoms. The largest absolute Gasteiger partial charge is 0.382 e. The Morgan fingerprint density at radius 2 is 2.16 bits per heavy atom. The molecule has 1 unspecified atom stereocenters. The molecule has 0 aliphatic rings. The van der Waals surface area contributed by atoms with Crippen LogP contribution in [0.3, 0.4) is 0 Å². The maximum atomic E-state index is 12.2. The average molecular weight is 356 g/mol. The van der Waals surface area contributed by atoms with E-state index in [0.717, 1.165) is 11.1 Å². The van der Waals surface area contributed by atoms with Crippen molar-refractivity contribution in [3.63, 3.8) is 0 Å². The summed E-state index contributed by atoms with van der Waals surface area (Å²) in [5, 5.41) is 16.1. The predicted molar refractivity (Wildman–Crippen MR) is 97.2 cm³/mol. The van der Waals surface area contributed by atoms with Gasteiger partial charge in [-0.2, -0.15) is 5.26 Å². The molecule has 0 spiro atoms. The van der Waals surface area contributed by atoms with Gasteiger partial charge in [-0.1, -0.05) is 54.0 Å². The van der Waals surface area contributed by atoms with E-state index in [9.17, 15) is 4.79 Å². The molecule has 0 bridgehead atoms. The zero-order chi connectivity index (χ0) is 18.1. The molecule has 0 aliphatic heterocycles. The maximum absolute atomic E-state index is 12.2. The highest BCUT2D eigenvalue weighted by Gasteiger charge is 2.17. The third kappa shape index (κ3) is 5.63. The molecule has 0 aromatic heterocycles. The summed E-state index contributed by atoms with van der Waals surface area (Å²) >= 11 is 6.07. The fraction of sp³-hybridized carbons (Fsp3) is 0.211. The zero-order valence-electron chi connectivity index (χ0n) is 13.8. The molecule has 0 aliphatic carbocycles. The lowest BCUT2D eigenvalue weighted by Crippen LogP contribution is -2.34. The number of rotatable bonds is 7. The fourth-order valence-corrected chi connectivity index (χ4v) is 2.30. The Kier molecular flexibility index (Phi) is 7.00. The molecule has 2 aromatic carbocycles. The lowest BCUT2D eigenvalue weighted by Gasteiger charge is -2.13. The van der Waals surface area contributed by atoms with Crippen molar-refractivity contribution in [2.75, 3.05) is 0 Å². The first-order chi connectivity index (χ1) is 12.1. The standard InChI is InChI=1S/C19H18ClN3O2/c1-2-18(19(24)22-13-16-8-3-4-9-17(16)20)25-23-12-15-7-5-6-14(10-15)11-21/h3-10,12,18H,2,13H2,1H3,(H,22,24). The molecule has 2 aromatic rings. The summed E-state index contributed by atoms with van der Waals surface area (Å²) in [6.07, 6.45) is 1.26. The van der Waals surface area contributed by atoms with Crippen LogP contribution in [-0.4, -0.2) is 18.2 Å². The molecule has 0 heterocycles. The average Bonchev–Trinajstić information content (AvgIpc) is 2.64. The summed E-state index contributed by atoms with van der Waals surface area (Å²) in [4.78, 5) is 17.5. The van der Waals surface area contributed by atoms with Gasteiger partial charge in [0.1, 0.15) is 0 Å². The van der Waals surface area contributed by atoms with E-state index in [1.165, 1.54) is 6.21 Å². The van der Waals surface area contributed by atoms with Crippen LogP contribution in [0.1, 0.15) is 30.0 Å². The Bertz CT molecular complexity index is 799. The van der Waals surface area contributed by atoms with E-state index >= 15 is 0 Å². The van der Waals surface area contributed by atoms with E-state index in [2.05, 4.69) is 16.5 Å². The zero-order valence-corrected chi connectivity index (χ0v) is 14.5. The number of nitriles is 1. The van der Waals surface area contributed by atoms with Gasteiger partial charge in [0.25, 0.3) is 5.91 Å². The number of benzene rings is 2. The van der Waals surface area contributed by atoms with Crippen molar-refractivity contribution in [1.82, 2.24) is 5.32 Å². The van der Waals surface area contributed by atoms with E-state index in [0.29, 0.717) is 23.6 Å². The van der Waals surface area contributed by atoms with Crippen molar-refractivity contribution in [3.8, 4) is 6.07 Å². The van der Waals surface area contributed by atoms with E-state index in [1.807, 2.05) is 25.1 Å². The normalized spacial score (nSPS) is 11.7. The van der Waals surface area contributed by atoms with Crippen LogP contribution >= 0.6 is 11.6 Å². The first-order valence-corrected chi connectivity index (χ1v) is 8.22. The minimum Gasteiger partial charge on any atom is -0.382 e. The SMILES string of the molecule is CCC(ON=Cc1cccc(C#N)c1)C(=O)NCc1ccccc1Cl. The van der Waals surface area contributed by atoms with Crippen LogP contribution < -0.4 is 5.32 Å². The Hall–Kier alpha value is -2.84. The van der Waals surface area contributed by atoms with Crippen LogP contribution in [0, 0.1) is 11.3 Å². The summed E-state index contributed by atoms with van der Waals surface area (Å²) in [5.74, 6) is -0.259. The number of carbonyl (C=O) groups is 1. The molecule has 0 saturated carbocycles. The number of nitrogens with zero attached hydrogens (tertiary/aromatic N) is 2. The monoisotopic (exact) mass is 355 g/mol. The second-order valence-electron chi connectivity index (χ2n) is 5.28. The van der Waals surface area contributed by atoms with E-state index in [4.69, 9.17) is 21.7 Å². The lowest BCUT2D eigenvalue weighted by atomic mass is 10.1. The Labute approximate surface area is 151 Å². The van der Waals surface area contributed by atoms with Gasteiger partial charge in [0.2, 0.25) is 6.10 Å². The number of amides is 1. The molecule has 1 amide bonds. The maximum Gasteiger partial charge on any atom is 0.264 e. The molecule has 0 radical (unpaired) electrons. The summed E-state index contributed by atoms with van der Waals surface area (Å²) in [6.45, 7) is 2.16. The molecule has 0 saturated heterocycles. The van der Waals surface area contributed by atoms with Crippen LogP contribution in [0.5, 0.6) is 0 Å². The molecule has 1 N–H and O–H groups in total. The van der Waals surface area contributed by atoms with E-state index < -0.39 is 6.10 Å². The smallest absolute Gasteiger partial charge is 0.264 e. The first kappa shape index (κ1) is 18.5. The van der Waals surface area contributed by atoms with Crippen LogP contribution in [0.4, 0.5) is 0 Å². The highest BCUT2D eigenvalue weighted by molar-refractivity contribution is 6.31. The van der Waals surface area contributed by atoms with Gasteiger partial charge in [-0.3, -0.25) is 4.79 Å². The van der Waals surface area contributed by atoms with Crippen LogP contribution in [-0.2, 0) is 16.2 Å². The van der Waals surface area contributed by atoms with Gasteiger partial charge >= 0.3 is 0 Å². The minimum absolute atomic E-state index is 0.259. The lowest BCUT2D eigenvalue weighted by molar-refractivity contribution is -0.133. The molecule has 128 valence electrons. The highest BCUT2D eigenvalue weighted by atomic mass is 35.5. The molecule has 0 fully saturated rings. The van der Waals surface area contributed by atoms with Crippen molar-refractivity contribution in [3.05, 3.63) is 70.2 Å². The quantitative estimate of drug-likeness (QED) is 0.608. The van der Waals surface area contributed by atoms with Gasteiger partial charge < -0.3 is 10.2 Å². The van der Waals surface area contributed by atoms with Crippen LogP contribution in [0.25, 0.3) is 0 Å². The first-order valence-electron chi connectivity index (χ1n) is 7.84. The number of oxime groups is 1. The van der Waals surface area contributed by atoms with Crippen molar-refractivity contribution in [1.29, 1.82) is 5.26 Å². The summed E-state index contributed by atoms with van der Waals surface area (Å²) in [7, 11) is 0. The topological polar surface area (TPSA) is 74.5 Å². The number of carbonyl (C=O) groups excluding carboxylic acids is 1. The molecule has 1 atom stereocenters. The van der Waals surface area contributed by atoms with E-state index in [-0.39, 0.29) is 5.91 Å². The van der Waals surface area contributed by atoms with Crippen molar-refractivity contribution >= 4 is 23.7 Å². The van der Waals surface area contributed by atoms with Gasteiger partial charge in [0.15, 0.2) is 0 Å². The second-order valence-corrected chi connectivity index (χ2v) is 5.69. The second kappa shape index (κ2) is 9.45. The number of hydrogen-bond acceptors (Lipinski definition) is 4. The summed E-state index contributed by atoms with van der Waals surface area (Å²) < 4.78 is 0. The highest BCUT2D eigenvalue weighted by Crippen LogP contribution is 2.14. The molecular weight excluding hydrogens is 338 g/mol. The Morgan fingerprint density at radius 1 is 1.36 bits per heavy atom. The number of hydrogen-bond donors (Lipinski definition) is 1. The summed E-state index contributed by atoms with van der Waals surface area (Å²) in [6, 6.07) is 16.3. The molecular formula is C19H18ClN3O2. The van der Waals surface area contributed by atoms with Crippen molar-refractivity contribution in [2.45, 2.75) is 26.0 Å². The minimum atomic E-state index is -0.696. The third-order valence-electron chi connectivity index (χ3n) is 3.48. The van der Waals surface area contributed by atoms with Gasteiger partial charge in [-0.25, -0.2) is 0 Å². The van der Waals surface area contributed by atoms with Crippen LogP contribution in [0.15, 0.2) is 53.7 Å². The van der Waals surface area contributed by atoms with Gasteiger partial charge in [-0.15, -0.1) is 0 Å². The Morgan fingerprint density at radius 3 is 2.88 bits per heavy atom. The van der Waals surface area contributed by atoms with E-state index in [1.54, 1.807) is 30.3 Å². The van der Waals surface area contributed by atoms with Gasteiger partial charge in [0.05, 0.1) is 17.8 Å². The van der Waals surface area contributed by atoms with Crippen molar-refractivity contribution < 1.29 is 9.63 Å². The molecule has 5 nitrogen and oxygen atoms in total. The fourth-order valence-electron chi connectivity index (χ4n) is 2.10. The van der Waals surface area contributed by atoms with Gasteiger partial charge in [0, 0.05) is 11.6 Å². The number of nitrogens with one attached hydrogen (secondary N) is 1. The van der Waals surface area contributed by atoms with Gasteiger partial charge in [-0.05, 0) is 35.7 Å². The molecule has 6 heteroatoms.